The van der Waals surface area contributed by atoms with E-state index in [1.807, 2.05) is 11.0 Å². The Bertz CT molecular complexity index is 486. The molecular weight excluding hydrogens is 278 g/mol. The number of carboxylic acid groups (broad SMARTS) is 1. The van der Waals surface area contributed by atoms with Crippen LogP contribution in [0.1, 0.15) is 50.5 Å². The highest BCUT2D eigenvalue weighted by Gasteiger charge is 2.27. The van der Waals surface area contributed by atoms with Crippen LogP contribution in [-0.2, 0) is 16.0 Å². The van der Waals surface area contributed by atoms with Crippen LogP contribution in [0.5, 0.6) is 0 Å². The van der Waals surface area contributed by atoms with Gasteiger partial charge in [-0.05, 0) is 44.1 Å². The van der Waals surface area contributed by atoms with E-state index in [2.05, 4.69) is 24.3 Å². The molecule has 0 aliphatic carbocycles. The van der Waals surface area contributed by atoms with E-state index in [1.165, 1.54) is 5.56 Å². The number of nitrogens with zero attached hydrogens (tertiary/aromatic N) is 1. The van der Waals surface area contributed by atoms with Crippen molar-refractivity contribution >= 4 is 11.9 Å². The van der Waals surface area contributed by atoms with Gasteiger partial charge in [0, 0.05) is 25.4 Å². The van der Waals surface area contributed by atoms with Crippen molar-refractivity contribution in [1.29, 1.82) is 0 Å². The highest BCUT2D eigenvalue weighted by molar-refractivity contribution is 5.76. The van der Waals surface area contributed by atoms with E-state index in [9.17, 15) is 9.59 Å². The molecule has 1 unspecified atom stereocenters. The molecular formula is C18H25NO3. The number of benzene rings is 1. The zero-order valence-electron chi connectivity index (χ0n) is 13.0. The number of carbonyl (C=O) groups is 2. The molecule has 0 bridgehead atoms. The van der Waals surface area contributed by atoms with Crippen LogP contribution in [-0.4, -0.2) is 34.5 Å². The fourth-order valence-electron chi connectivity index (χ4n) is 3.14. The highest BCUT2D eigenvalue weighted by atomic mass is 16.4. The van der Waals surface area contributed by atoms with E-state index in [-0.39, 0.29) is 12.3 Å². The van der Waals surface area contributed by atoms with Crippen LogP contribution in [0.15, 0.2) is 30.3 Å². The van der Waals surface area contributed by atoms with Crippen LogP contribution in [0.4, 0.5) is 0 Å². The third kappa shape index (κ3) is 5.17. The second-order valence-electron chi connectivity index (χ2n) is 6.01. The number of likely N-dealkylation sites (tertiary alicyclic amines) is 1. The van der Waals surface area contributed by atoms with Crippen LogP contribution in [0.2, 0.25) is 0 Å². The Morgan fingerprint density at radius 2 is 1.86 bits per heavy atom. The van der Waals surface area contributed by atoms with Gasteiger partial charge in [-0.15, -0.1) is 0 Å². The Morgan fingerprint density at radius 3 is 2.59 bits per heavy atom. The fraction of sp³-hybridized carbons (Fsp3) is 0.556. The van der Waals surface area contributed by atoms with Crippen molar-refractivity contribution < 1.29 is 14.7 Å². The largest absolute Gasteiger partial charge is 0.481 e. The molecule has 1 saturated heterocycles. The minimum absolute atomic E-state index is 0.157. The van der Waals surface area contributed by atoms with Crippen molar-refractivity contribution in [2.45, 2.75) is 57.4 Å². The first-order chi connectivity index (χ1) is 10.7. The van der Waals surface area contributed by atoms with Gasteiger partial charge in [-0.3, -0.25) is 9.59 Å². The number of aliphatic carboxylic acids is 1. The molecule has 1 heterocycles. The monoisotopic (exact) mass is 303 g/mol. The lowest BCUT2D eigenvalue weighted by atomic mass is 10.0. The van der Waals surface area contributed by atoms with Gasteiger partial charge >= 0.3 is 5.97 Å². The summed E-state index contributed by atoms with van der Waals surface area (Å²) in [6.45, 7) is 0.858. The van der Waals surface area contributed by atoms with Gasteiger partial charge in [0.1, 0.15) is 0 Å². The maximum Gasteiger partial charge on any atom is 0.303 e. The second kappa shape index (κ2) is 8.57. The third-order valence-corrected chi connectivity index (χ3v) is 4.34. The van der Waals surface area contributed by atoms with Gasteiger partial charge in [-0.2, -0.15) is 0 Å². The smallest absolute Gasteiger partial charge is 0.303 e. The van der Waals surface area contributed by atoms with E-state index in [0.717, 1.165) is 32.2 Å². The summed E-state index contributed by atoms with van der Waals surface area (Å²) in [5.74, 6) is -0.588. The molecule has 1 fully saturated rings. The molecule has 1 atom stereocenters. The number of carbonyl (C=O) groups excluding carboxylic acids is 1. The molecule has 0 aromatic heterocycles. The van der Waals surface area contributed by atoms with E-state index in [4.69, 9.17) is 5.11 Å². The van der Waals surface area contributed by atoms with Crippen molar-refractivity contribution in [3.05, 3.63) is 35.9 Å². The Morgan fingerprint density at radius 1 is 1.14 bits per heavy atom. The number of aryl methyl sites for hydroxylation is 1. The summed E-state index contributed by atoms with van der Waals surface area (Å²) in [5, 5.41) is 8.62. The van der Waals surface area contributed by atoms with Crippen LogP contribution >= 0.6 is 0 Å². The Balaban J connectivity index is 1.74. The standard InChI is InChI=1S/C18H25NO3/c20-17(10-4-5-11-18(21)22)19-14-6-9-16(19)13-12-15-7-2-1-3-8-15/h1-3,7-8,16H,4-6,9-14H2,(H,21,22). The Kier molecular flexibility index (Phi) is 6.44. The fourth-order valence-corrected chi connectivity index (χ4v) is 3.14. The van der Waals surface area contributed by atoms with Crippen molar-refractivity contribution in [2.24, 2.45) is 0 Å². The van der Waals surface area contributed by atoms with Crippen LogP contribution < -0.4 is 0 Å². The number of hydrogen-bond acceptors (Lipinski definition) is 2. The molecule has 1 amide bonds. The Hall–Kier alpha value is -1.84. The molecule has 4 heteroatoms. The summed E-state index contributed by atoms with van der Waals surface area (Å²) in [6.07, 6.45) is 6.10. The normalized spacial score (nSPS) is 17.6. The third-order valence-electron chi connectivity index (χ3n) is 4.34. The van der Waals surface area contributed by atoms with Crippen LogP contribution in [0.3, 0.4) is 0 Å². The molecule has 4 nitrogen and oxygen atoms in total. The molecule has 0 saturated carbocycles. The number of amides is 1. The number of hydrogen-bond donors (Lipinski definition) is 1. The predicted molar refractivity (Wildman–Crippen MR) is 85.6 cm³/mol. The van der Waals surface area contributed by atoms with Gasteiger partial charge in [-0.25, -0.2) is 0 Å². The topological polar surface area (TPSA) is 57.6 Å². The van der Waals surface area contributed by atoms with Crippen molar-refractivity contribution in [3.8, 4) is 0 Å². The molecule has 1 N–H and O–H groups in total. The summed E-state index contributed by atoms with van der Waals surface area (Å²) in [5.41, 5.74) is 1.32. The number of rotatable bonds is 8. The van der Waals surface area contributed by atoms with Crippen molar-refractivity contribution in [3.63, 3.8) is 0 Å². The Labute approximate surface area is 132 Å². The number of unbranched alkanes of at least 4 members (excludes halogenated alkanes) is 1. The second-order valence-corrected chi connectivity index (χ2v) is 6.01. The zero-order chi connectivity index (χ0) is 15.8. The SMILES string of the molecule is O=C(O)CCCCC(=O)N1CCCC1CCc1ccccc1. The van der Waals surface area contributed by atoms with Gasteiger partial charge in [-0.1, -0.05) is 30.3 Å². The van der Waals surface area contributed by atoms with Gasteiger partial charge in [0.25, 0.3) is 0 Å². The zero-order valence-corrected chi connectivity index (χ0v) is 13.0. The van der Waals surface area contributed by atoms with Crippen LogP contribution in [0, 0.1) is 0 Å². The maximum absolute atomic E-state index is 12.3. The lowest BCUT2D eigenvalue weighted by Gasteiger charge is -2.25. The van der Waals surface area contributed by atoms with Gasteiger partial charge < -0.3 is 10.0 Å². The first-order valence-electron chi connectivity index (χ1n) is 8.22. The van der Waals surface area contributed by atoms with E-state index >= 15 is 0 Å². The molecule has 2 rings (SSSR count). The minimum atomic E-state index is -0.783. The van der Waals surface area contributed by atoms with E-state index in [0.29, 0.717) is 25.3 Å². The van der Waals surface area contributed by atoms with E-state index in [1.54, 1.807) is 0 Å². The highest BCUT2D eigenvalue weighted by Crippen LogP contribution is 2.23. The van der Waals surface area contributed by atoms with Gasteiger partial charge in [0.15, 0.2) is 0 Å². The quantitative estimate of drug-likeness (QED) is 0.750. The number of carboxylic acids is 1. The van der Waals surface area contributed by atoms with Gasteiger partial charge in [0.05, 0.1) is 0 Å². The summed E-state index contributed by atoms with van der Waals surface area (Å²) in [6, 6.07) is 10.7. The molecule has 120 valence electrons. The van der Waals surface area contributed by atoms with Crippen molar-refractivity contribution in [1.82, 2.24) is 4.90 Å². The molecule has 1 aliphatic rings. The molecule has 0 spiro atoms. The van der Waals surface area contributed by atoms with Crippen LogP contribution in [0.25, 0.3) is 0 Å². The molecule has 1 aromatic carbocycles. The van der Waals surface area contributed by atoms with Gasteiger partial charge in [0.2, 0.25) is 5.91 Å². The average molecular weight is 303 g/mol. The van der Waals surface area contributed by atoms with E-state index < -0.39 is 5.97 Å². The minimum Gasteiger partial charge on any atom is -0.481 e. The molecule has 22 heavy (non-hydrogen) atoms. The predicted octanol–water partition coefficient (Wildman–Crippen LogP) is 3.26. The maximum atomic E-state index is 12.3. The summed E-state index contributed by atoms with van der Waals surface area (Å²) >= 11 is 0. The summed E-state index contributed by atoms with van der Waals surface area (Å²) < 4.78 is 0. The molecule has 0 radical (unpaired) electrons. The van der Waals surface area contributed by atoms with Crippen molar-refractivity contribution in [2.75, 3.05) is 6.54 Å². The lowest BCUT2D eigenvalue weighted by Crippen LogP contribution is -2.35. The average Bonchev–Trinajstić information content (AvgIpc) is 2.99. The summed E-state index contributed by atoms with van der Waals surface area (Å²) in [4.78, 5) is 24.8. The molecule has 1 aliphatic heterocycles. The summed E-state index contributed by atoms with van der Waals surface area (Å²) in [7, 11) is 0. The molecule has 1 aromatic rings. The lowest BCUT2D eigenvalue weighted by molar-refractivity contribution is -0.137. The first kappa shape index (κ1) is 16.5. The first-order valence-corrected chi connectivity index (χ1v) is 8.22.